The molecule has 0 unspecified atom stereocenters. The van der Waals surface area contributed by atoms with Gasteiger partial charge in [-0.3, -0.25) is 4.79 Å². The van der Waals surface area contributed by atoms with Crippen LogP contribution in [0, 0.1) is 5.82 Å². The van der Waals surface area contributed by atoms with Gasteiger partial charge < -0.3 is 4.74 Å². The largest absolute Gasteiger partial charge is 0.380 e. The first kappa shape index (κ1) is 14.1. The zero-order chi connectivity index (χ0) is 13.2. The molecule has 0 bridgehead atoms. The maximum atomic E-state index is 14.0. The summed E-state index contributed by atoms with van der Waals surface area (Å²) in [4.78, 5) is 11.4. The van der Waals surface area contributed by atoms with Crippen LogP contribution in [-0.4, -0.2) is 21.0 Å². The molecule has 0 radical (unpaired) electrons. The first-order chi connectivity index (χ1) is 7.77. The molecule has 17 heavy (non-hydrogen) atoms. The highest BCUT2D eigenvalue weighted by atomic mass is 28.3. The number of Topliss-reactive ketones (excluding diaryl/α,β-unsaturated/α-hetero) is 1. The lowest BCUT2D eigenvalue weighted by Gasteiger charge is -2.19. The van der Waals surface area contributed by atoms with Crippen molar-refractivity contribution in [2.45, 2.75) is 33.2 Å². The van der Waals surface area contributed by atoms with E-state index in [1.807, 2.05) is 6.07 Å². The number of rotatable bonds is 4. The Balaban J connectivity index is 3.42. The van der Waals surface area contributed by atoms with Crippen LogP contribution in [0.1, 0.15) is 22.8 Å². The average Bonchev–Trinajstić information content (AvgIpc) is 2.19. The molecular weight excluding hydrogens is 235 g/mol. The lowest BCUT2D eigenvalue weighted by molar-refractivity contribution is 0.101. The smallest absolute Gasteiger partial charge is 0.162 e. The van der Waals surface area contributed by atoms with Gasteiger partial charge in [0.15, 0.2) is 5.78 Å². The van der Waals surface area contributed by atoms with Crippen LogP contribution in [-0.2, 0) is 11.3 Å². The van der Waals surface area contributed by atoms with Gasteiger partial charge in [-0.15, -0.1) is 0 Å². The number of hydrogen-bond donors (Lipinski definition) is 0. The molecule has 2 nitrogen and oxygen atoms in total. The van der Waals surface area contributed by atoms with E-state index < -0.39 is 13.9 Å². The van der Waals surface area contributed by atoms with Gasteiger partial charge >= 0.3 is 0 Å². The molecule has 0 saturated heterocycles. The van der Waals surface area contributed by atoms with Crippen LogP contribution in [0.15, 0.2) is 12.1 Å². The topological polar surface area (TPSA) is 26.3 Å². The van der Waals surface area contributed by atoms with Crippen molar-refractivity contribution in [3.63, 3.8) is 0 Å². The lowest BCUT2D eigenvalue weighted by Crippen LogP contribution is -2.38. The monoisotopic (exact) mass is 254 g/mol. The molecular formula is C13H19FO2Si. The maximum Gasteiger partial charge on any atom is 0.162 e. The van der Waals surface area contributed by atoms with Crippen molar-refractivity contribution in [2.24, 2.45) is 0 Å². The van der Waals surface area contributed by atoms with E-state index in [1.54, 1.807) is 6.07 Å². The minimum atomic E-state index is -1.57. The first-order valence-corrected chi connectivity index (χ1v) is 9.10. The van der Waals surface area contributed by atoms with E-state index in [0.717, 1.165) is 5.19 Å². The summed E-state index contributed by atoms with van der Waals surface area (Å²) < 4.78 is 19.0. The van der Waals surface area contributed by atoms with Gasteiger partial charge in [-0.05, 0) is 13.0 Å². The molecule has 0 saturated carbocycles. The van der Waals surface area contributed by atoms with Crippen molar-refractivity contribution in [3.05, 3.63) is 29.1 Å². The molecule has 0 aliphatic rings. The van der Waals surface area contributed by atoms with E-state index in [-0.39, 0.29) is 18.0 Å². The van der Waals surface area contributed by atoms with Crippen LogP contribution in [0.4, 0.5) is 4.39 Å². The number of ketones is 1. The van der Waals surface area contributed by atoms with Crippen molar-refractivity contribution in [2.75, 3.05) is 7.11 Å². The number of hydrogen-bond acceptors (Lipinski definition) is 2. The molecule has 0 atom stereocenters. The van der Waals surface area contributed by atoms with Gasteiger partial charge in [0.2, 0.25) is 0 Å². The third-order valence-electron chi connectivity index (χ3n) is 2.69. The summed E-state index contributed by atoms with van der Waals surface area (Å²) in [6, 6.07) is 3.53. The zero-order valence-corrected chi connectivity index (χ0v) is 12.1. The van der Waals surface area contributed by atoms with Gasteiger partial charge in [0.05, 0.1) is 20.2 Å². The van der Waals surface area contributed by atoms with Crippen molar-refractivity contribution in [1.82, 2.24) is 0 Å². The van der Waals surface area contributed by atoms with Crippen LogP contribution in [0.2, 0.25) is 19.6 Å². The van der Waals surface area contributed by atoms with Crippen LogP contribution in [0.5, 0.6) is 0 Å². The first-order valence-electron chi connectivity index (χ1n) is 5.60. The van der Waals surface area contributed by atoms with Crippen molar-refractivity contribution in [1.29, 1.82) is 0 Å². The minimum absolute atomic E-state index is 0.178. The number of methoxy groups -OCH3 is 1. The Hall–Kier alpha value is -1.00. The molecule has 0 aliphatic heterocycles. The van der Waals surface area contributed by atoms with Crippen molar-refractivity contribution in [3.8, 4) is 0 Å². The van der Waals surface area contributed by atoms with Gasteiger partial charge in [-0.2, -0.15) is 0 Å². The molecule has 94 valence electrons. The third-order valence-corrected chi connectivity index (χ3v) is 4.71. The summed E-state index contributed by atoms with van der Waals surface area (Å²) in [7, 11) is -0.0465. The summed E-state index contributed by atoms with van der Waals surface area (Å²) in [5, 5.41) is 1.08. The Morgan fingerprint density at radius 3 is 2.35 bits per heavy atom. The Morgan fingerprint density at radius 2 is 1.94 bits per heavy atom. The van der Waals surface area contributed by atoms with E-state index in [2.05, 4.69) is 19.6 Å². The average molecular weight is 254 g/mol. The SMILES string of the molecule is COCc1cc([Si](C)(C)C)cc(C(C)=O)c1F. The summed E-state index contributed by atoms with van der Waals surface area (Å²) in [6.45, 7) is 8.09. The normalized spacial score (nSPS) is 11.6. The summed E-state index contributed by atoms with van der Waals surface area (Å²) >= 11 is 0. The standard InChI is InChI=1S/C13H19FO2Si/c1-9(15)12-7-11(17(3,4)5)6-10(8-16-2)13(12)14/h6-7H,8H2,1-5H3. The highest BCUT2D eigenvalue weighted by molar-refractivity contribution is 6.88. The lowest BCUT2D eigenvalue weighted by atomic mass is 10.1. The predicted octanol–water partition coefficient (Wildman–Crippen LogP) is 2.72. The van der Waals surface area contributed by atoms with Gasteiger partial charge in [0.1, 0.15) is 5.82 Å². The second-order valence-electron chi connectivity index (χ2n) is 5.24. The second-order valence-corrected chi connectivity index (χ2v) is 10.3. The molecule has 0 aliphatic carbocycles. The van der Waals surface area contributed by atoms with Crippen molar-refractivity contribution >= 4 is 19.0 Å². The van der Waals surface area contributed by atoms with Crippen LogP contribution in [0.25, 0.3) is 0 Å². The number of benzene rings is 1. The minimum Gasteiger partial charge on any atom is -0.380 e. The summed E-state index contributed by atoms with van der Waals surface area (Å²) in [5.41, 5.74) is 0.648. The molecule has 0 N–H and O–H groups in total. The molecule has 0 spiro atoms. The number of carbonyl (C=O) groups excluding carboxylic acids is 1. The van der Waals surface area contributed by atoms with Crippen LogP contribution < -0.4 is 5.19 Å². The number of carbonyl (C=O) groups is 1. The molecule has 0 heterocycles. The van der Waals surface area contributed by atoms with Crippen molar-refractivity contribution < 1.29 is 13.9 Å². The highest BCUT2D eigenvalue weighted by Gasteiger charge is 2.22. The van der Waals surface area contributed by atoms with Gasteiger partial charge in [-0.25, -0.2) is 4.39 Å². The molecule has 1 rings (SSSR count). The summed E-state index contributed by atoms with van der Waals surface area (Å²) in [6.07, 6.45) is 0. The zero-order valence-electron chi connectivity index (χ0n) is 11.1. The molecule has 1 aromatic rings. The quantitative estimate of drug-likeness (QED) is 0.610. The molecule has 0 aromatic heterocycles. The van der Waals surface area contributed by atoms with E-state index in [9.17, 15) is 9.18 Å². The van der Waals surface area contributed by atoms with Crippen LogP contribution in [0.3, 0.4) is 0 Å². The van der Waals surface area contributed by atoms with E-state index in [1.165, 1.54) is 14.0 Å². The number of ether oxygens (including phenoxy) is 1. The van der Waals surface area contributed by atoms with Gasteiger partial charge in [0.25, 0.3) is 0 Å². The second kappa shape index (κ2) is 5.10. The number of halogens is 1. The van der Waals surface area contributed by atoms with Gasteiger partial charge in [0, 0.05) is 12.7 Å². The van der Waals surface area contributed by atoms with E-state index in [4.69, 9.17) is 4.74 Å². The Kier molecular flexibility index (Phi) is 4.22. The molecule has 1 aromatic carbocycles. The molecule has 0 amide bonds. The maximum absolute atomic E-state index is 14.0. The Labute approximate surface area is 103 Å². The fourth-order valence-electron chi connectivity index (χ4n) is 1.63. The highest BCUT2D eigenvalue weighted by Crippen LogP contribution is 2.16. The van der Waals surface area contributed by atoms with E-state index >= 15 is 0 Å². The third kappa shape index (κ3) is 3.23. The fourth-order valence-corrected chi connectivity index (χ4v) is 2.82. The van der Waals surface area contributed by atoms with Gasteiger partial charge in [-0.1, -0.05) is 30.9 Å². The van der Waals surface area contributed by atoms with E-state index in [0.29, 0.717) is 5.56 Å². The molecule has 0 fully saturated rings. The Morgan fingerprint density at radius 1 is 1.35 bits per heavy atom. The fraction of sp³-hybridized carbons (Fsp3) is 0.462. The molecule has 4 heteroatoms. The van der Waals surface area contributed by atoms with Crippen LogP contribution >= 0.6 is 0 Å². The Bertz CT molecular complexity index is 436. The predicted molar refractivity (Wildman–Crippen MR) is 70.1 cm³/mol. The summed E-state index contributed by atoms with van der Waals surface area (Å²) in [5.74, 6) is -0.679.